The Morgan fingerprint density at radius 2 is 1.91 bits per heavy atom. The van der Waals surface area contributed by atoms with Gasteiger partial charge in [0.1, 0.15) is 11.6 Å². The monoisotopic (exact) mass is 448 g/mol. The van der Waals surface area contributed by atoms with Gasteiger partial charge in [-0.2, -0.15) is 0 Å². The topological polar surface area (TPSA) is 65.5 Å². The minimum atomic E-state index is 0.125. The number of fused-ring (bicyclic) bond motifs is 1. The van der Waals surface area contributed by atoms with E-state index in [1.807, 2.05) is 18.3 Å². The number of rotatable bonds is 5. The Kier molecular flexibility index (Phi) is 6.58. The summed E-state index contributed by atoms with van der Waals surface area (Å²) in [4.78, 5) is 34.4. The fourth-order valence-electron chi connectivity index (χ4n) is 5.54. The lowest BCUT2D eigenvalue weighted by molar-refractivity contribution is -0.134. The highest BCUT2D eigenvalue weighted by Gasteiger charge is 2.33. The smallest absolute Gasteiger partial charge is 0.236 e. The van der Waals surface area contributed by atoms with Gasteiger partial charge in [0.2, 0.25) is 5.91 Å². The van der Waals surface area contributed by atoms with Gasteiger partial charge in [0.25, 0.3) is 0 Å². The van der Waals surface area contributed by atoms with Gasteiger partial charge in [-0.25, -0.2) is 9.97 Å². The van der Waals surface area contributed by atoms with Gasteiger partial charge >= 0.3 is 0 Å². The first-order valence-electron chi connectivity index (χ1n) is 12.6. The summed E-state index contributed by atoms with van der Waals surface area (Å²) in [5, 5.41) is 0. The van der Waals surface area contributed by atoms with Gasteiger partial charge in [0, 0.05) is 37.1 Å². The summed E-state index contributed by atoms with van der Waals surface area (Å²) >= 11 is 0. The number of nitrogens with zero attached hydrogens (tertiary/aromatic N) is 6. The van der Waals surface area contributed by atoms with Crippen molar-refractivity contribution < 1.29 is 4.79 Å². The molecule has 0 spiro atoms. The van der Waals surface area contributed by atoms with Gasteiger partial charge in [-0.05, 0) is 70.0 Å². The van der Waals surface area contributed by atoms with Crippen LogP contribution >= 0.6 is 0 Å². The van der Waals surface area contributed by atoms with Gasteiger partial charge in [-0.3, -0.25) is 14.7 Å². The quantitative estimate of drug-likeness (QED) is 0.697. The highest BCUT2D eigenvalue weighted by atomic mass is 16.2. The number of likely N-dealkylation sites (tertiary alicyclic amines) is 2. The van der Waals surface area contributed by atoms with E-state index < -0.39 is 0 Å². The lowest BCUT2D eigenvalue weighted by Gasteiger charge is -2.34. The molecule has 2 aromatic rings. The maximum absolute atomic E-state index is 13.0. The molecule has 5 rings (SSSR count). The van der Waals surface area contributed by atoms with Crippen LogP contribution in [-0.2, 0) is 17.8 Å². The summed E-state index contributed by atoms with van der Waals surface area (Å²) in [7, 11) is 0. The van der Waals surface area contributed by atoms with Crippen LogP contribution in [0.4, 0.5) is 5.82 Å². The molecule has 33 heavy (non-hydrogen) atoms. The first-order valence-corrected chi connectivity index (χ1v) is 12.6. The molecule has 0 N–H and O–H groups in total. The number of piperidine rings is 1. The summed E-state index contributed by atoms with van der Waals surface area (Å²) in [5.41, 5.74) is 3.42. The van der Waals surface area contributed by atoms with Crippen molar-refractivity contribution in [2.45, 2.75) is 65.0 Å². The first kappa shape index (κ1) is 22.3. The summed E-state index contributed by atoms with van der Waals surface area (Å²) in [6.07, 6.45) is 8.34. The van der Waals surface area contributed by atoms with E-state index in [4.69, 9.17) is 9.97 Å². The van der Waals surface area contributed by atoms with Crippen molar-refractivity contribution in [3.05, 3.63) is 47.2 Å². The molecule has 3 aliphatic heterocycles. The van der Waals surface area contributed by atoms with Crippen LogP contribution in [0, 0.1) is 12.8 Å². The minimum Gasteiger partial charge on any atom is -0.350 e. The van der Waals surface area contributed by atoms with Crippen molar-refractivity contribution in [1.29, 1.82) is 0 Å². The number of hydrogen-bond donors (Lipinski definition) is 0. The van der Waals surface area contributed by atoms with Gasteiger partial charge in [0.15, 0.2) is 0 Å². The van der Waals surface area contributed by atoms with Crippen molar-refractivity contribution in [1.82, 2.24) is 24.8 Å². The third-order valence-corrected chi connectivity index (χ3v) is 7.58. The minimum absolute atomic E-state index is 0.125. The van der Waals surface area contributed by atoms with Crippen molar-refractivity contribution in [3.63, 3.8) is 0 Å². The summed E-state index contributed by atoms with van der Waals surface area (Å²) in [6, 6.07) is 6.20. The Hall–Kier alpha value is -2.54. The molecule has 1 amide bonds. The van der Waals surface area contributed by atoms with Gasteiger partial charge < -0.3 is 9.80 Å². The molecule has 2 saturated heterocycles. The fraction of sp³-hybridized carbons (Fsp3) is 0.615. The molecular formula is C26H36N6O. The second-order valence-electron chi connectivity index (χ2n) is 10.0. The lowest BCUT2D eigenvalue weighted by Crippen LogP contribution is -2.44. The van der Waals surface area contributed by atoms with Crippen LogP contribution in [-0.4, -0.2) is 63.4 Å². The maximum Gasteiger partial charge on any atom is 0.236 e. The largest absolute Gasteiger partial charge is 0.350 e. The highest BCUT2D eigenvalue weighted by molar-refractivity contribution is 5.78. The predicted octanol–water partition coefficient (Wildman–Crippen LogP) is 3.53. The molecule has 1 atom stereocenters. The van der Waals surface area contributed by atoms with E-state index in [0.29, 0.717) is 6.54 Å². The summed E-state index contributed by atoms with van der Waals surface area (Å²) < 4.78 is 0. The summed E-state index contributed by atoms with van der Waals surface area (Å²) in [6.45, 7) is 9.38. The normalized spacial score (nSPS) is 21.9. The first-order chi connectivity index (χ1) is 16.1. The number of carbonyl (C=O) groups is 1. The van der Waals surface area contributed by atoms with E-state index in [1.165, 1.54) is 5.56 Å². The third kappa shape index (κ3) is 4.88. The molecule has 176 valence electrons. The number of aromatic nitrogens is 3. The van der Waals surface area contributed by atoms with E-state index in [2.05, 4.69) is 39.6 Å². The van der Waals surface area contributed by atoms with E-state index >= 15 is 0 Å². The second kappa shape index (κ2) is 9.75. The Morgan fingerprint density at radius 3 is 2.70 bits per heavy atom. The Morgan fingerprint density at radius 1 is 1.06 bits per heavy atom. The molecule has 7 heteroatoms. The molecule has 1 unspecified atom stereocenters. The van der Waals surface area contributed by atoms with Crippen LogP contribution in [0.2, 0.25) is 0 Å². The van der Waals surface area contributed by atoms with Crippen LogP contribution in [0.3, 0.4) is 0 Å². The van der Waals surface area contributed by atoms with E-state index in [0.717, 1.165) is 100 Å². The average molecular weight is 449 g/mol. The van der Waals surface area contributed by atoms with Gasteiger partial charge in [0.05, 0.1) is 24.8 Å². The molecule has 3 aliphatic rings. The number of pyridine rings is 1. The average Bonchev–Trinajstić information content (AvgIpc) is 3.29. The van der Waals surface area contributed by atoms with E-state index in [9.17, 15) is 4.79 Å². The SMILES string of the molecule is Cc1nc(C2CCCN2CC(=O)N2CCC(C)CC2)nc2c1CCCN2Cc1ccccn1. The third-order valence-electron chi connectivity index (χ3n) is 7.58. The maximum atomic E-state index is 13.0. The van der Waals surface area contributed by atoms with Crippen LogP contribution in [0.1, 0.15) is 67.8 Å². The Balaban J connectivity index is 1.35. The zero-order chi connectivity index (χ0) is 22.8. The zero-order valence-electron chi connectivity index (χ0n) is 20.0. The number of carbonyl (C=O) groups excluding carboxylic acids is 1. The van der Waals surface area contributed by atoms with Crippen molar-refractivity contribution in [3.8, 4) is 0 Å². The molecule has 2 fully saturated rings. The van der Waals surface area contributed by atoms with E-state index in [-0.39, 0.29) is 11.9 Å². The fourth-order valence-corrected chi connectivity index (χ4v) is 5.54. The standard InChI is InChI=1S/C26H36N6O/c1-19-10-15-30(16-11-19)24(33)18-31-13-6-9-23(31)25-28-20(2)22-8-5-14-32(26(22)29-25)17-21-7-3-4-12-27-21/h3-4,7,12,19,23H,5-6,8-11,13-18H2,1-2H3. The van der Waals surface area contributed by atoms with Crippen LogP contribution in [0.25, 0.3) is 0 Å². The van der Waals surface area contributed by atoms with Crippen LogP contribution < -0.4 is 4.90 Å². The Bertz CT molecular complexity index is 972. The van der Waals surface area contributed by atoms with Crippen molar-refractivity contribution in [2.24, 2.45) is 5.92 Å². The molecule has 0 aromatic carbocycles. The number of anilines is 1. The molecule has 0 saturated carbocycles. The molecule has 0 bridgehead atoms. The molecule has 0 aliphatic carbocycles. The lowest BCUT2D eigenvalue weighted by atomic mass is 9.99. The molecule has 0 radical (unpaired) electrons. The van der Waals surface area contributed by atoms with Crippen LogP contribution in [0.15, 0.2) is 24.4 Å². The number of aryl methyl sites for hydroxylation is 1. The van der Waals surface area contributed by atoms with Gasteiger partial charge in [-0.15, -0.1) is 0 Å². The highest BCUT2D eigenvalue weighted by Crippen LogP contribution is 2.34. The van der Waals surface area contributed by atoms with Crippen LogP contribution in [0.5, 0.6) is 0 Å². The Labute approximate surface area is 197 Å². The van der Waals surface area contributed by atoms with Crippen molar-refractivity contribution in [2.75, 3.05) is 37.6 Å². The number of amides is 1. The molecule has 5 heterocycles. The van der Waals surface area contributed by atoms with Gasteiger partial charge in [-0.1, -0.05) is 13.0 Å². The van der Waals surface area contributed by atoms with E-state index in [1.54, 1.807) is 0 Å². The predicted molar refractivity (Wildman–Crippen MR) is 129 cm³/mol. The number of hydrogen-bond acceptors (Lipinski definition) is 6. The second-order valence-corrected chi connectivity index (χ2v) is 10.0. The zero-order valence-corrected chi connectivity index (χ0v) is 20.0. The molecule has 2 aromatic heterocycles. The summed E-state index contributed by atoms with van der Waals surface area (Å²) in [5.74, 6) is 2.95. The van der Waals surface area contributed by atoms with Crippen molar-refractivity contribution >= 4 is 11.7 Å². The molecule has 7 nitrogen and oxygen atoms in total. The molecular weight excluding hydrogens is 412 g/mol.